The summed E-state index contributed by atoms with van der Waals surface area (Å²) >= 11 is 0. The minimum Gasteiger partial charge on any atom is -0.489 e. The molecule has 1 aromatic carbocycles. The van der Waals surface area contributed by atoms with Crippen LogP contribution in [0.5, 0.6) is 5.75 Å². The van der Waals surface area contributed by atoms with Crippen LogP contribution in [0.4, 0.5) is 4.39 Å². The number of ether oxygens (including phenoxy) is 1. The average Bonchev–Trinajstić information content (AvgIpc) is 3.33. The van der Waals surface area contributed by atoms with E-state index in [1.807, 2.05) is 18.5 Å². The zero-order chi connectivity index (χ0) is 20.6. The molecule has 1 saturated carbocycles. The Morgan fingerprint density at radius 3 is 2.73 bits per heavy atom. The van der Waals surface area contributed by atoms with Crippen molar-refractivity contribution in [2.75, 3.05) is 6.54 Å². The Bertz CT molecular complexity index is 822. The van der Waals surface area contributed by atoms with Crippen molar-refractivity contribution >= 4 is 29.9 Å². The van der Waals surface area contributed by atoms with E-state index in [1.165, 1.54) is 25.0 Å². The molecule has 30 heavy (non-hydrogen) atoms. The molecule has 2 N–H and O–H groups in total. The summed E-state index contributed by atoms with van der Waals surface area (Å²) in [4.78, 5) is 4.71. The molecule has 0 aliphatic heterocycles. The highest BCUT2D eigenvalue weighted by Gasteiger charge is 2.17. The lowest BCUT2D eigenvalue weighted by Gasteiger charge is -2.22. The molecule has 7 nitrogen and oxygen atoms in total. The fraction of sp³-hybridized carbons (Fsp3) is 0.571. The number of benzene rings is 1. The van der Waals surface area contributed by atoms with Crippen molar-refractivity contribution in [1.82, 2.24) is 25.4 Å². The molecule has 1 heterocycles. The molecule has 0 saturated heterocycles. The van der Waals surface area contributed by atoms with E-state index in [9.17, 15) is 4.39 Å². The number of nitrogens with one attached hydrogen (secondary N) is 2. The van der Waals surface area contributed by atoms with Gasteiger partial charge in [0, 0.05) is 19.2 Å². The predicted molar refractivity (Wildman–Crippen MR) is 127 cm³/mol. The molecule has 1 fully saturated rings. The molecular weight excluding hydrogens is 498 g/mol. The van der Waals surface area contributed by atoms with Crippen LogP contribution in [-0.2, 0) is 13.6 Å². The van der Waals surface area contributed by atoms with Gasteiger partial charge in [-0.2, -0.15) is 0 Å². The van der Waals surface area contributed by atoms with Crippen molar-refractivity contribution in [3.8, 4) is 5.75 Å². The number of nitrogens with zero attached hydrogens (tertiary/aromatic N) is 4. The lowest BCUT2D eigenvalue weighted by molar-refractivity contribution is 0.198. The van der Waals surface area contributed by atoms with E-state index in [-0.39, 0.29) is 35.9 Å². The van der Waals surface area contributed by atoms with E-state index in [4.69, 9.17) is 9.73 Å². The SMILES string of the molecule is CCC(CNC(=NCc1nnc(C)n1C)NC1CCCC1)Oc1cccc(F)c1.I. The molecule has 0 bridgehead atoms. The van der Waals surface area contributed by atoms with Crippen LogP contribution in [0.1, 0.15) is 50.7 Å². The van der Waals surface area contributed by atoms with Crippen LogP contribution in [0.15, 0.2) is 29.3 Å². The van der Waals surface area contributed by atoms with Crippen LogP contribution in [0.25, 0.3) is 0 Å². The molecule has 9 heteroatoms. The van der Waals surface area contributed by atoms with Gasteiger partial charge in [-0.15, -0.1) is 34.2 Å². The fourth-order valence-corrected chi connectivity index (χ4v) is 3.37. The maximum Gasteiger partial charge on any atom is 0.192 e. The summed E-state index contributed by atoms with van der Waals surface area (Å²) in [7, 11) is 1.94. The first-order chi connectivity index (χ1) is 14.0. The number of hydrogen-bond donors (Lipinski definition) is 2. The summed E-state index contributed by atoms with van der Waals surface area (Å²) in [5.74, 6) is 2.67. The summed E-state index contributed by atoms with van der Waals surface area (Å²) in [5, 5.41) is 15.2. The van der Waals surface area contributed by atoms with E-state index >= 15 is 0 Å². The van der Waals surface area contributed by atoms with E-state index in [0.29, 0.717) is 24.9 Å². The molecule has 2 aromatic rings. The standard InChI is InChI=1S/C21H31FN6O.HI/c1-4-18(29-19-11-7-8-16(22)12-19)13-23-21(25-17-9-5-6-10-17)24-14-20-27-26-15(2)28(20)3;/h7-8,11-12,17-18H,4-6,9-10,13-14H2,1-3H3,(H2,23,24,25);1H. The van der Waals surface area contributed by atoms with Gasteiger partial charge in [0.25, 0.3) is 0 Å². The van der Waals surface area contributed by atoms with Gasteiger partial charge in [0.2, 0.25) is 0 Å². The molecular formula is C21H32FIN6O. The smallest absolute Gasteiger partial charge is 0.192 e. The minimum absolute atomic E-state index is 0. The van der Waals surface area contributed by atoms with Crippen LogP contribution in [0.3, 0.4) is 0 Å². The zero-order valence-corrected chi connectivity index (χ0v) is 20.2. The maximum absolute atomic E-state index is 13.4. The Labute approximate surface area is 194 Å². The third kappa shape index (κ3) is 7.10. The number of rotatable bonds is 8. The predicted octanol–water partition coefficient (Wildman–Crippen LogP) is 3.72. The van der Waals surface area contributed by atoms with Gasteiger partial charge in [0.15, 0.2) is 11.8 Å². The molecule has 166 valence electrons. The third-order valence-electron chi connectivity index (χ3n) is 5.31. The quantitative estimate of drug-likeness (QED) is 0.309. The van der Waals surface area contributed by atoms with Crippen molar-refractivity contribution in [3.05, 3.63) is 41.7 Å². The van der Waals surface area contributed by atoms with Crippen LogP contribution in [-0.4, -0.2) is 39.4 Å². The van der Waals surface area contributed by atoms with Crippen molar-refractivity contribution < 1.29 is 9.13 Å². The number of aliphatic imine (C=N–C) groups is 1. The number of guanidine groups is 1. The molecule has 1 aliphatic rings. The first kappa shape index (κ1) is 24.4. The van der Waals surface area contributed by atoms with Crippen LogP contribution >= 0.6 is 24.0 Å². The molecule has 0 amide bonds. The molecule has 1 unspecified atom stereocenters. The normalized spacial score (nSPS) is 15.5. The third-order valence-corrected chi connectivity index (χ3v) is 5.31. The second-order valence-corrected chi connectivity index (χ2v) is 7.50. The number of hydrogen-bond acceptors (Lipinski definition) is 4. The molecule has 1 aromatic heterocycles. The summed E-state index contributed by atoms with van der Waals surface area (Å²) in [6, 6.07) is 6.68. The Kier molecular flexibility index (Phi) is 9.80. The Morgan fingerprint density at radius 1 is 1.33 bits per heavy atom. The number of aryl methyl sites for hydroxylation is 1. The van der Waals surface area contributed by atoms with Gasteiger partial charge < -0.3 is 19.9 Å². The first-order valence-electron chi connectivity index (χ1n) is 10.4. The number of halogens is 2. The van der Waals surface area contributed by atoms with Gasteiger partial charge in [-0.25, -0.2) is 9.38 Å². The van der Waals surface area contributed by atoms with Gasteiger partial charge >= 0.3 is 0 Å². The van der Waals surface area contributed by atoms with E-state index in [2.05, 4.69) is 27.8 Å². The monoisotopic (exact) mass is 530 g/mol. The molecule has 1 atom stereocenters. The summed E-state index contributed by atoms with van der Waals surface area (Å²) in [6.07, 6.45) is 5.50. The summed E-state index contributed by atoms with van der Waals surface area (Å²) < 4.78 is 21.3. The first-order valence-corrected chi connectivity index (χ1v) is 10.4. The Hall–Kier alpha value is -1.91. The topological polar surface area (TPSA) is 76.4 Å². The highest BCUT2D eigenvalue weighted by Crippen LogP contribution is 2.18. The average molecular weight is 530 g/mol. The second kappa shape index (κ2) is 12.1. The largest absolute Gasteiger partial charge is 0.489 e. The fourth-order valence-electron chi connectivity index (χ4n) is 3.37. The van der Waals surface area contributed by atoms with Gasteiger partial charge in [-0.05, 0) is 38.3 Å². The lowest BCUT2D eigenvalue weighted by atomic mass is 10.2. The van der Waals surface area contributed by atoms with Crippen molar-refractivity contribution in [1.29, 1.82) is 0 Å². The highest BCUT2D eigenvalue weighted by molar-refractivity contribution is 14.0. The van der Waals surface area contributed by atoms with Crippen LogP contribution in [0.2, 0.25) is 0 Å². The van der Waals surface area contributed by atoms with Crippen molar-refractivity contribution in [2.24, 2.45) is 12.0 Å². The van der Waals surface area contributed by atoms with Gasteiger partial charge in [0.05, 0.1) is 6.54 Å². The van der Waals surface area contributed by atoms with Crippen LogP contribution < -0.4 is 15.4 Å². The van der Waals surface area contributed by atoms with E-state index in [1.54, 1.807) is 12.1 Å². The van der Waals surface area contributed by atoms with E-state index < -0.39 is 0 Å². The van der Waals surface area contributed by atoms with Crippen molar-refractivity contribution in [3.63, 3.8) is 0 Å². The maximum atomic E-state index is 13.4. The van der Waals surface area contributed by atoms with Gasteiger partial charge in [-0.3, -0.25) is 0 Å². The Balaban J connectivity index is 0.00000320. The minimum atomic E-state index is -0.297. The van der Waals surface area contributed by atoms with Crippen molar-refractivity contribution in [2.45, 2.75) is 64.6 Å². The second-order valence-electron chi connectivity index (χ2n) is 7.50. The zero-order valence-electron chi connectivity index (χ0n) is 17.9. The highest BCUT2D eigenvalue weighted by atomic mass is 127. The van der Waals surface area contributed by atoms with Gasteiger partial charge in [0.1, 0.15) is 30.0 Å². The molecule has 1 aliphatic carbocycles. The summed E-state index contributed by atoms with van der Waals surface area (Å²) in [6.45, 7) is 4.99. The van der Waals surface area contributed by atoms with E-state index in [0.717, 1.165) is 36.9 Å². The van der Waals surface area contributed by atoms with Gasteiger partial charge in [-0.1, -0.05) is 25.8 Å². The summed E-state index contributed by atoms with van der Waals surface area (Å²) in [5.41, 5.74) is 0. The Morgan fingerprint density at radius 2 is 2.10 bits per heavy atom. The molecule has 3 rings (SSSR count). The molecule has 0 spiro atoms. The molecule has 0 radical (unpaired) electrons. The number of aromatic nitrogens is 3. The lowest BCUT2D eigenvalue weighted by Crippen LogP contribution is -2.45. The van der Waals surface area contributed by atoms with Crippen LogP contribution in [0, 0.1) is 12.7 Å².